The number of unbranched alkanes of at least 4 members (excludes halogenated alkanes) is 1. The number of nitrogens with two attached hydrogens (primary N) is 1. The number of aryl methyl sites for hydroxylation is 1. The van der Waals surface area contributed by atoms with E-state index in [1.807, 2.05) is 29.0 Å². The number of hydrogen-bond acceptors (Lipinski definition) is 3. The number of amides is 1. The maximum atomic E-state index is 14.2. The number of nitrogens with zero attached hydrogens (tertiary/aromatic N) is 2. The number of ether oxygens (including phenoxy) is 1. The number of benzene rings is 2. The fourth-order valence-corrected chi connectivity index (χ4v) is 4.56. The molecular weight excluding hydrogens is 424 g/mol. The van der Waals surface area contributed by atoms with Crippen LogP contribution >= 0.6 is 0 Å². The smallest absolute Gasteiger partial charge is 0.249 e. The number of hydrogen-bond donors (Lipinski definition) is 1. The Morgan fingerprint density at radius 2 is 1.97 bits per heavy atom. The van der Waals surface area contributed by atoms with Gasteiger partial charge in [-0.15, -0.1) is 0 Å². The van der Waals surface area contributed by atoms with Crippen molar-refractivity contribution in [2.24, 2.45) is 11.7 Å². The van der Waals surface area contributed by atoms with Crippen molar-refractivity contribution in [3.05, 3.63) is 71.1 Å². The molecule has 3 aromatic rings. The van der Waals surface area contributed by atoms with Gasteiger partial charge in [-0.2, -0.15) is 0 Å². The van der Waals surface area contributed by atoms with Crippen molar-refractivity contribution in [1.82, 2.24) is 9.47 Å². The lowest BCUT2D eigenvalue weighted by Crippen LogP contribution is -2.31. The second kappa shape index (κ2) is 8.89. The average Bonchev–Trinajstić information content (AvgIpc) is 3.53. The Labute approximate surface area is 191 Å². The number of halogens is 2. The lowest BCUT2D eigenvalue weighted by Gasteiger charge is -2.31. The third-order valence-electron chi connectivity index (χ3n) is 6.49. The standard InChI is InChI=1S/C26H27F2N3O2/c27-22-5-3-4-18-10-13-30(24(18)22)11-1-2-12-31(15-17-6-7-17)19-14-21-20(26(29)32)8-9-23(28)25(21)33-16-19/h3-5,8-10,13-14,17H,1-2,6-7,11-12,15-16H2,(H2,29,32). The van der Waals surface area contributed by atoms with Gasteiger partial charge in [-0.05, 0) is 61.9 Å². The summed E-state index contributed by atoms with van der Waals surface area (Å²) in [6, 6.07) is 9.70. The first-order valence-electron chi connectivity index (χ1n) is 11.5. The molecule has 1 saturated carbocycles. The molecule has 2 aromatic carbocycles. The van der Waals surface area contributed by atoms with E-state index in [2.05, 4.69) is 4.90 Å². The number of rotatable bonds is 9. The predicted molar refractivity (Wildman–Crippen MR) is 124 cm³/mol. The zero-order valence-corrected chi connectivity index (χ0v) is 18.4. The molecule has 1 aliphatic carbocycles. The van der Waals surface area contributed by atoms with Crippen LogP contribution in [0.5, 0.6) is 5.75 Å². The maximum Gasteiger partial charge on any atom is 0.249 e. The molecule has 1 fully saturated rings. The maximum absolute atomic E-state index is 14.2. The summed E-state index contributed by atoms with van der Waals surface area (Å²) in [5.74, 6) is -0.563. The van der Waals surface area contributed by atoms with Gasteiger partial charge in [0.05, 0.1) is 16.8 Å². The summed E-state index contributed by atoms with van der Waals surface area (Å²) >= 11 is 0. The van der Waals surface area contributed by atoms with Crippen molar-refractivity contribution in [3.63, 3.8) is 0 Å². The number of aromatic nitrogens is 1. The minimum absolute atomic E-state index is 0.0861. The summed E-state index contributed by atoms with van der Waals surface area (Å²) in [5.41, 5.74) is 7.76. The second-order valence-corrected chi connectivity index (χ2v) is 8.91. The van der Waals surface area contributed by atoms with Crippen molar-refractivity contribution in [3.8, 4) is 5.75 Å². The molecule has 5 nitrogen and oxygen atoms in total. The molecule has 1 aliphatic heterocycles. The van der Waals surface area contributed by atoms with Crippen molar-refractivity contribution >= 4 is 22.9 Å². The molecule has 0 spiro atoms. The lowest BCUT2D eigenvalue weighted by atomic mass is 10.0. The molecular formula is C26H27F2N3O2. The van der Waals surface area contributed by atoms with E-state index in [1.165, 1.54) is 31.0 Å². The van der Waals surface area contributed by atoms with E-state index in [-0.39, 0.29) is 23.7 Å². The Hall–Kier alpha value is -3.35. The average molecular weight is 452 g/mol. The summed E-state index contributed by atoms with van der Waals surface area (Å²) in [7, 11) is 0. The highest BCUT2D eigenvalue weighted by atomic mass is 19.1. The molecule has 1 amide bonds. The van der Waals surface area contributed by atoms with E-state index in [0.717, 1.165) is 43.6 Å². The van der Waals surface area contributed by atoms with Crippen LogP contribution in [0, 0.1) is 17.6 Å². The molecule has 0 bridgehead atoms. The van der Waals surface area contributed by atoms with Crippen LogP contribution in [0.3, 0.4) is 0 Å². The van der Waals surface area contributed by atoms with E-state index < -0.39 is 11.7 Å². The van der Waals surface area contributed by atoms with Gasteiger partial charge in [0, 0.05) is 36.8 Å². The molecule has 0 atom stereocenters. The monoisotopic (exact) mass is 451 g/mol. The van der Waals surface area contributed by atoms with Crippen molar-refractivity contribution in [1.29, 1.82) is 0 Å². The third-order valence-corrected chi connectivity index (χ3v) is 6.49. The summed E-state index contributed by atoms with van der Waals surface area (Å²) in [6.45, 7) is 2.71. The quantitative estimate of drug-likeness (QED) is 0.469. The van der Waals surface area contributed by atoms with Crippen molar-refractivity contribution in [2.45, 2.75) is 32.2 Å². The van der Waals surface area contributed by atoms with Crippen molar-refractivity contribution < 1.29 is 18.3 Å². The highest BCUT2D eigenvalue weighted by Gasteiger charge is 2.28. The van der Waals surface area contributed by atoms with Gasteiger partial charge in [0.2, 0.25) is 5.91 Å². The Morgan fingerprint density at radius 1 is 1.12 bits per heavy atom. The third kappa shape index (κ3) is 4.45. The molecule has 2 heterocycles. The van der Waals surface area contributed by atoms with Gasteiger partial charge in [-0.3, -0.25) is 4.79 Å². The second-order valence-electron chi connectivity index (χ2n) is 8.91. The van der Waals surface area contributed by atoms with Gasteiger partial charge in [-0.25, -0.2) is 8.78 Å². The molecule has 7 heteroatoms. The van der Waals surface area contributed by atoms with Gasteiger partial charge in [0.25, 0.3) is 0 Å². The van der Waals surface area contributed by atoms with Gasteiger partial charge in [0.15, 0.2) is 11.6 Å². The molecule has 2 aliphatic rings. The van der Waals surface area contributed by atoms with Crippen LogP contribution in [0.25, 0.3) is 17.0 Å². The highest BCUT2D eigenvalue weighted by Crippen LogP contribution is 2.35. The summed E-state index contributed by atoms with van der Waals surface area (Å²) in [5, 5.41) is 0.908. The summed E-state index contributed by atoms with van der Waals surface area (Å²) in [6.07, 6.45) is 8.00. The van der Waals surface area contributed by atoms with Gasteiger partial charge >= 0.3 is 0 Å². The summed E-state index contributed by atoms with van der Waals surface area (Å²) < 4.78 is 36.2. The van der Waals surface area contributed by atoms with Crippen LogP contribution in [0.1, 0.15) is 41.6 Å². The van der Waals surface area contributed by atoms with Gasteiger partial charge in [-0.1, -0.05) is 12.1 Å². The van der Waals surface area contributed by atoms with Crippen LogP contribution < -0.4 is 10.5 Å². The minimum atomic E-state index is -0.604. The Kier molecular flexibility index (Phi) is 5.79. The fraction of sp³-hybridized carbons (Fsp3) is 0.346. The highest BCUT2D eigenvalue weighted by molar-refractivity contribution is 5.98. The number of para-hydroxylation sites is 1. The van der Waals surface area contributed by atoms with Crippen LogP contribution in [-0.4, -0.2) is 35.1 Å². The largest absolute Gasteiger partial charge is 0.484 e. The molecule has 5 rings (SSSR count). The first-order chi connectivity index (χ1) is 16.0. The molecule has 1 aromatic heterocycles. The lowest BCUT2D eigenvalue weighted by molar-refractivity contribution is 0.0999. The Balaban J connectivity index is 1.30. The van der Waals surface area contributed by atoms with Crippen LogP contribution in [0.15, 0.2) is 48.3 Å². The van der Waals surface area contributed by atoms with Crippen LogP contribution in [0.2, 0.25) is 0 Å². The van der Waals surface area contributed by atoms with Crippen molar-refractivity contribution in [2.75, 3.05) is 19.7 Å². The first-order valence-corrected chi connectivity index (χ1v) is 11.5. The molecule has 0 radical (unpaired) electrons. The zero-order valence-electron chi connectivity index (χ0n) is 18.4. The van der Waals surface area contributed by atoms with Gasteiger partial charge < -0.3 is 19.9 Å². The number of carbonyl (C=O) groups is 1. The van der Waals surface area contributed by atoms with Gasteiger partial charge in [0.1, 0.15) is 12.4 Å². The molecule has 0 saturated heterocycles. The number of carbonyl (C=O) groups excluding carboxylic acids is 1. The molecule has 172 valence electrons. The van der Waals surface area contributed by atoms with E-state index in [1.54, 1.807) is 6.07 Å². The minimum Gasteiger partial charge on any atom is -0.484 e. The molecule has 2 N–H and O–H groups in total. The topological polar surface area (TPSA) is 60.5 Å². The first kappa shape index (κ1) is 21.5. The van der Waals surface area contributed by atoms with E-state index in [0.29, 0.717) is 17.0 Å². The summed E-state index contributed by atoms with van der Waals surface area (Å²) in [4.78, 5) is 14.1. The Bertz CT molecular complexity index is 1230. The van der Waals surface area contributed by atoms with Crippen LogP contribution in [-0.2, 0) is 6.54 Å². The van der Waals surface area contributed by atoms with E-state index in [4.69, 9.17) is 10.5 Å². The zero-order chi connectivity index (χ0) is 22.9. The van der Waals surface area contributed by atoms with E-state index >= 15 is 0 Å². The van der Waals surface area contributed by atoms with E-state index in [9.17, 15) is 13.6 Å². The van der Waals surface area contributed by atoms with Crippen LogP contribution in [0.4, 0.5) is 8.78 Å². The Morgan fingerprint density at radius 3 is 2.76 bits per heavy atom. The number of fused-ring (bicyclic) bond motifs is 2. The fourth-order valence-electron chi connectivity index (χ4n) is 4.56. The molecule has 33 heavy (non-hydrogen) atoms. The SMILES string of the molecule is NC(=O)c1ccc(F)c2c1C=C(N(CCCCn1ccc3cccc(F)c31)CC1CC1)CO2. The normalized spacial score (nSPS) is 15.2. The predicted octanol–water partition coefficient (Wildman–Crippen LogP) is 4.94. The number of primary amides is 1. The molecule has 0 unspecified atom stereocenters.